The molecule has 0 aliphatic heterocycles. The van der Waals surface area contributed by atoms with E-state index in [0.29, 0.717) is 24.2 Å². The minimum atomic E-state index is -0.959. The molecule has 1 aromatic rings. The molecular formula is C17H22N2O7. The first-order chi connectivity index (χ1) is 12.3. The van der Waals surface area contributed by atoms with Crippen LogP contribution in [0.5, 0.6) is 11.5 Å². The molecule has 0 radical (unpaired) electrons. The lowest BCUT2D eigenvalue weighted by Gasteiger charge is -2.36. The quantitative estimate of drug-likeness (QED) is 0.504. The molecule has 2 N–H and O–H groups in total. The van der Waals surface area contributed by atoms with Crippen molar-refractivity contribution in [3.63, 3.8) is 0 Å². The fraction of sp³-hybridized carbons (Fsp3) is 0.529. The zero-order valence-electron chi connectivity index (χ0n) is 14.7. The number of ether oxygens (including phenoxy) is 2. The number of nitrogens with zero attached hydrogens (tertiary/aromatic N) is 1. The van der Waals surface area contributed by atoms with Crippen molar-refractivity contribution in [1.29, 1.82) is 0 Å². The molecule has 1 saturated carbocycles. The highest BCUT2D eigenvalue weighted by molar-refractivity contribution is 5.85. The summed E-state index contributed by atoms with van der Waals surface area (Å²) < 4.78 is 10.2. The predicted molar refractivity (Wildman–Crippen MR) is 91.5 cm³/mol. The van der Waals surface area contributed by atoms with E-state index < -0.39 is 16.3 Å². The van der Waals surface area contributed by atoms with E-state index in [-0.39, 0.29) is 36.7 Å². The van der Waals surface area contributed by atoms with Crippen LogP contribution in [0, 0.1) is 15.5 Å². The predicted octanol–water partition coefficient (Wildman–Crippen LogP) is 1.92. The molecule has 2 rings (SSSR count). The number of amides is 1. The van der Waals surface area contributed by atoms with E-state index in [1.807, 2.05) is 0 Å². The van der Waals surface area contributed by atoms with Gasteiger partial charge in [0.2, 0.25) is 5.91 Å². The second-order valence-corrected chi connectivity index (χ2v) is 6.31. The number of benzene rings is 1. The van der Waals surface area contributed by atoms with Crippen LogP contribution in [0.3, 0.4) is 0 Å². The Hall–Kier alpha value is -2.84. The maximum absolute atomic E-state index is 12.0. The van der Waals surface area contributed by atoms with Gasteiger partial charge in [0.1, 0.15) is 0 Å². The molecule has 1 fully saturated rings. The van der Waals surface area contributed by atoms with Crippen LogP contribution in [0.1, 0.15) is 31.2 Å². The highest BCUT2D eigenvalue weighted by Crippen LogP contribution is 2.44. The number of aliphatic carboxylic acids is 1. The van der Waals surface area contributed by atoms with Gasteiger partial charge in [0.15, 0.2) is 11.5 Å². The lowest BCUT2D eigenvalue weighted by atomic mass is 9.66. The lowest BCUT2D eigenvalue weighted by molar-refractivity contribution is -0.385. The molecule has 142 valence electrons. The number of hydrogen-bond acceptors (Lipinski definition) is 6. The van der Waals surface area contributed by atoms with Gasteiger partial charge in [0, 0.05) is 18.5 Å². The van der Waals surface area contributed by atoms with Crippen LogP contribution in [0.25, 0.3) is 0 Å². The van der Waals surface area contributed by atoms with E-state index in [0.717, 1.165) is 6.42 Å². The van der Waals surface area contributed by atoms with E-state index in [2.05, 4.69) is 5.32 Å². The first-order valence-electron chi connectivity index (χ1n) is 8.22. The number of nitrogens with one attached hydrogen (secondary N) is 1. The summed E-state index contributed by atoms with van der Waals surface area (Å²) in [6.07, 6.45) is 1.93. The van der Waals surface area contributed by atoms with Gasteiger partial charge in [0.25, 0.3) is 5.69 Å². The molecule has 9 nitrogen and oxygen atoms in total. The fourth-order valence-electron chi connectivity index (χ4n) is 3.06. The van der Waals surface area contributed by atoms with Crippen molar-refractivity contribution in [2.24, 2.45) is 5.41 Å². The van der Waals surface area contributed by atoms with Gasteiger partial charge >= 0.3 is 5.97 Å². The molecule has 0 spiro atoms. The molecule has 0 saturated heterocycles. The van der Waals surface area contributed by atoms with Crippen LogP contribution < -0.4 is 14.8 Å². The smallest absolute Gasteiger partial charge is 0.310 e. The second-order valence-electron chi connectivity index (χ2n) is 6.31. The van der Waals surface area contributed by atoms with Crippen molar-refractivity contribution < 1.29 is 29.1 Å². The SMILES string of the molecule is COc1cc(CCNC(=O)CC2(C(=O)O)CCC2)c([N+](=O)[O-])cc1OC. The van der Waals surface area contributed by atoms with Gasteiger partial charge in [0.05, 0.1) is 30.6 Å². The van der Waals surface area contributed by atoms with Crippen LogP contribution >= 0.6 is 0 Å². The third-order valence-electron chi connectivity index (χ3n) is 4.76. The minimum absolute atomic E-state index is 0.0731. The highest BCUT2D eigenvalue weighted by Gasteiger charge is 2.45. The van der Waals surface area contributed by atoms with Crippen molar-refractivity contribution in [2.45, 2.75) is 32.1 Å². The van der Waals surface area contributed by atoms with E-state index in [4.69, 9.17) is 9.47 Å². The first-order valence-corrected chi connectivity index (χ1v) is 8.22. The Bertz CT molecular complexity index is 713. The Morgan fingerprint density at radius 2 is 1.88 bits per heavy atom. The molecular weight excluding hydrogens is 344 g/mol. The first kappa shape index (κ1) is 19.5. The van der Waals surface area contributed by atoms with Crippen LogP contribution in [0.15, 0.2) is 12.1 Å². The molecule has 1 amide bonds. The number of carbonyl (C=O) groups is 2. The Morgan fingerprint density at radius 3 is 2.35 bits per heavy atom. The topological polar surface area (TPSA) is 128 Å². The largest absolute Gasteiger partial charge is 0.493 e. The summed E-state index contributed by atoms with van der Waals surface area (Å²) in [6, 6.07) is 2.79. The summed E-state index contributed by atoms with van der Waals surface area (Å²) in [6.45, 7) is 0.158. The molecule has 0 aromatic heterocycles. The summed E-state index contributed by atoms with van der Waals surface area (Å²) in [5.41, 5.74) is -0.693. The molecule has 0 unspecified atom stereocenters. The molecule has 1 aromatic carbocycles. The third-order valence-corrected chi connectivity index (χ3v) is 4.76. The number of nitro groups is 1. The molecule has 26 heavy (non-hydrogen) atoms. The third kappa shape index (κ3) is 4.04. The normalized spacial score (nSPS) is 14.8. The molecule has 1 aliphatic rings. The van der Waals surface area contributed by atoms with Crippen LogP contribution in [-0.2, 0) is 16.0 Å². The Balaban J connectivity index is 2.01. The van der Waals surface area contributed by atoms with Crippen molar-refractivity contribution in [3.05, 3.63) is 27.8 Å². The molecule has 0 bridgehead atoms. The van der Waals surface area contributed by atoms with E-state index in [9.17, 15) is 24.8 Å². The molecule has 1 aliphatic carbocycles. The summed E-state index contributed by atoms with van der Waals surface area (Å²) in [4.78, 5) is 34.1. The summed E-state index contributed by atoms with van der Waals surface area (Å²) in [5, 5.41) is 23.2. The summed E-state index contributed by atoms with van der Waals surface area (Å²) >= 11 is 0. The van der Waals surface area contributed by atoms with E-state index >= 15 is 0 Å². The zero-order chi connectivity index (χ0) is 19.3. The van der Waals surface area contributed by atoms with Crippen molar-refractivity contribution in [2.75, 3.05) is 20.8 Å². The van der Waals surface area contributed by atoms with Gasteiger partial charge in [-0.2, -0.15) is 0 Å². The van der Waals surface area contributed by atoms with Gasteiger partial charge in [-0.15, -0.1) is 0 Å². The van der Waals surface area contributed by atoms with Gasteiger partial charge < -0.3 is 19.9 Å². The number of hydrogen-bond donors (Lipinski definition) is 2. The standard InChI is InChI=1S/C17H22N2O7/c1-25-13-8-11(12(19(23)24)9-14(13)26-2)4-7-18-15(20)10-17(16(21)22)5-3-6-17/h8-9H,3-7,10H2,1-2H3,(H,18,20)(H,21,22). The Kier molecular flexibility index (Phi) is 6.01. The number of carbonyl (C=O) groups excluding carboxylic acids is 1. The number of rotatable bonds is 9. The average Bonchev–Trinajstić information content (AvgIpc) is 2.56. The lowest BCUT2D eigenvalue weighted by Crippen LogP contribution is -2.42. The summed E-state index contributed by atoms with van der Waals surface area (Å²) in [7, 11) is 2.82. The average molecular weight is 366 g/mol. The number of methoxy groups -OCH3 is 2. The Labute approximate surface area is 150 Å². The molecule has 0 heterocycles. The molecule has 9 heteroatoms. The van der Waals surface area contributed by atoms with Crippen LogP contribution in [-0.4, -0.2) is 42.7 Å². The Morgan fingerprint density at radius 1 is 1.27 bits per heavy atom. The highest BCUT2D eigenvalue weighted by atomic mass is 16.6. The number of carboxylic acid groups (broad SMARTS) is 1. The van der Waals surface area contributed by atoms with Gasteiger partial charge in [-0.25, -0.2) is 0 Å². The van der Waals surface area contributed by atoms with Crippen molar-refractivity contribution in [1.82, 2.24) is 5.32 Å². The molecule has 0 atom stereocenters. The maximum atomic E-state index is 12.0. The second kappa shape index (κ2) is 8.03. The van der Waals surface area contributed by atoms with Crippen molar-refractivity contribution >= 4 is 17.6 Å². The van der Waals surface area contributed by atoms with Crippen LogP contribution in [0.2, 0.25) is 0 Å². The minimum Gasteiger partial charge on any atom is -0.493 e. The van der Waals surface area contributed by atoms with E-state index in [1.54, 1.807) is 0 Å². The number of nitro benzene ring substituents is 1. The van der Waals surface area contributed by atoms with Crippen molar-refractivity contribution in [3.8, 4) is 11.5 Å². The van der Waals surface area contributed by atoms with E-state index in [1.165, 1.54) is 26.4 Å². The number of carboxylic acids is 1. The van der Waals surface area contributed by atoms with Gasteiger partial charge in [-0.1, -0.05) is 6.42 Å². The summed E-state index contributed by atoms with van der Waals surface area (Å²) in [5.74, 6) is -0.705. The maximum Gasteiger partial charge on any atom is 0.310 e. The monoisotopic (exact) mass is 366 g/mol. The zero-order valence-corrected chi connectivity index (χ0v) is 14.7. The van der Waals surface area contributed by atoms with Gasteiger partial charge in [-0.3, -0.25) is 19.7 Å². The van der Waals surface area contributed by atoms with Crippen LogP contribution in [0.4, 0.5) is 5.69 Å². The fourth-order valence-corrected chi connectivity index (χ4v) is 3.06. The van der Waals surface area contributed by atoms with Gasteiger partial charge in [-0.05, 0) is 25.3 Å².